The number of carbonyl (C=O) groups is 1. The van der Waals surface area contributed by atoms with Crippen molar-refractivity contribution < 1.29 is 4.79 Å². The molecule has 6 heteroatoms. The first-order valence-corrected chi connectivity index (χ1v) is 4.77. The van der Waals surface area contributed by atoms with Crippen LogP contribution in [0.3, 0.4) is 0 Å². The van der Waals surface area contributed by atoms with Gasteiger partial charge in [-0.25, -0.2) is 4.98 Å². The van der Waals surface area contributed by atoms with Crippen LogP contribution >= 0.6 is 0 Å². The third kappa shape index (κ3) is 4.26. The molecule has 82 valence electrons. The molecule has 1 heterocycles. The summed E-state index contributed by atoms with van der Waals surface area (Å²) in [7, 11) is 0. The number of amides is 1. The second kappa shape index (κ2) is 5.79. The molecule has 6 nitrogen and oxygen atoms in total. The van der Waals surface area contributed by atoms with Crippen LogP contribution in [0.5, 0.6) is 0 Å². The molecule has 15 heavy (non-hydrogen) atoms. The lowest BCUT2D eigenvalue weighted by atomic mass is 10.4. The molecule has 0 aliphatic rings. The van der Waals surface area contributed by atoms with Gasteiger partial charge in [0.25, 0.3) is 5.56 Å². The van der Waals surface area contributed by atoms with E-state index in [1.807, 2.05) is 6.92 Å². The molecular formula is C9H14N4O2. The minimum absolute atomic E-state index is 0.112. The molecular weight excluding hydrogens is 196 g/mol. The first kappa shape index (κ1) is 11.2. The van der Waals surface area contributed by atoms with Gasteiger partial charge in [-0.2, -0.15) is 0 Å². The number of anilines is 1. The summed E-state index contributed by atoms with van der Waals surface area (Å²) < 4.78 is 0. The number of H-pyrrole nitrogens is 1. The Balaban J connectivity index is 2.37. The van der Waals surface area contributed by atoms with Crippen LogP contribution in [-0.2, 0) is 4.79 Å². The second-order valence-electron chi connectivity index (χ2n) is 3.00. The minimum Gasteiger partial charge on any atom is -0.361 e. The van der Waals surface area contributed by atoms with E-state index >= 15 is 0 Å². The molecule has 0 aliphatic carbocycles. The summed E-state index contributed by atoms with van der Waals surface area (Å²) in [6, 6.07) is 1.30. The van der Waals surface area contributed by atoms with Gasteiger partial charge >= 0.3 is 0 Å². The predicted molar refractivity (Wildman–Crippen MR) is 56.6 cm³/mol. The normalized spacial score (nSPS) is 9.67. The minimum atomic E-state index is -0.249. The summed E-state index contributed by atoms with van der Waals surface area (Å²) >= 11 is 0. The summed E-state index contributed by atoms with van der Waals surface area (Å²) in [6.07, 6.45) is 2.18. The molecule has 0 bridgehead atoms. The monoisotopic (exact) mass is 210 g/mol. The molecule has 1 aromatic heterocycles. The smallest absolute Gasteiger partial charge is 0.252 e. The number of hydrogen-bond acceptors (Lipinski definition) is 4. The summed E-state index contributed by atoms with van der Waals surface area (Å²) in [6.45, 7) is 2.76. The van der Waals surface area contributed by atoms with Gasteiger partial charge in [-0.3, -0.25) is 9.59 Å². The van der Waals surface area contributed by atoms with Crippen LogP contribution in [0.15, 0.2) is 17.2 Å². The molecule has 0 aromatic carbocycles. The van der Waals surface area contributed by atoms with Gasteiger partial charge in [-0.15, -0.1) is 0 Å². The molecule has 0 radical (unpaired) electrons. The summed E-state index contributed by atoms with van der Waals surface area (Å²) in [5.41, 5.74) is -0.249. The van der Waals surface area contributed by atoms with Crippen molar-refractivity contribution in [1.29, 1.82) is 0 Å². The lowest BCUT2D eigenvalue weighted by Crippen LogP contribution is -2.30. The lowest BCUT2D eigenvalue weighted by Gasteiger charge is -2.05. The van der Waals surface area contributed by atoms with Crippen molar-refractivity contribution in [3.05, 3.63) is 22.7 Å². The predicted octanol–water partition coefficient (Wildman–Crippen LogP) is -0.292. The Kier molecular flexibility index (Phi) is 4.33. The Morgan fingerprint density at radius 2 is 2.40 bits per heavy atom. The summed E-state index contributed by atoms with van der Waals surface area (Å²) in [4.78, 5) is 28.3. The van der Waals surface area contributed by atoms with Crippen molar-refractivity contribution in [3.63, 3.8) is 0 Å². The highest BCUT2D eigenvalue weighted by Gasteiger charge is 2.00. The number of aromatic amines is 1. The fourth-order valence-corrected chi connectivity index (χ4v) is 0.963. The maximum absolute atomic E-state index is 11.2. The van der Waals surface area contributed by atoms with E-state index in [1.54, 1.807) is 0 Å². The average Bonchev–Trinajstić information content (AvgIpc) is 2.23. The average molecular weight is 210 g/mol. The lowest BCUT2D eigenvalue weighted by molar-refractivity contribution is -0.119. The van der Waals surface area contributed by atoms with Crippen molar-refractivity contribution in [1.82, 2.24) is 15.3 Å². The summed E-state index contributed by atoms with van der Waals surface area (Å²) in [5, 5.41) is 5.45. The topological polar surface area (TPSA) is 86.9 Å². The number of aromatic nitrogens is 2. The Bertz CT molecular complexity index is 374. The molecule has 1 rings (SSSR count). The van der Waals surface area contributed by atoms with Crippen LogP contribution in [0.4, 0.5) is 5.82 Å². The van der Waals surface area contributed by atoms with E-state index in [0.29, 0.717) is 12.4 Å². The fourth-order valence-electron chi connectivity index (χ4n) is 0.963. The van der Waals surface area contributed by atoms with E-state index in [0.717, 1.165) is 6.42 Å². The van der Waals surface area contributed by atoms with Crippen LogP contribution < -0.4 is 16.2 Å². The zero-order valence-corrected chi connectivity index (χ0v) is 8.54. The van der Waals surface area contributed by atoms with E-state index in [9.17, 15) is 9.59 Å². The van der Waals surface area contributed by atoms with Crippen LogP contribution in [0.25, 0.3) is 0 Å². The number of nitrogens with zero attached hydrogens (tertiary/aromatic N) is 1. The zero-order valence-electron chi connectivity index (χ0n) is 8.54. The van der Waals surface area contributed by atoms with E-state index in [2.05, 4.69) is 20.6 Å². The first-order valence-electron chi connectivity index (χ1n) is 4.77. The van der Waals surface area contributed by atoms with Crippen LogP contribution in [0.2, 0.25) is 0 Å². The van der Waals surface area contributed by atoms with Crippen molar-refractivity contribution >= 4 is 11.7 Å². The SMILES string of the molecule is CCCNC(=O)CNc1cc(=O)[nH]cn1. The number of rotatable bonds is 5. The van der Waals surface area contributed by atoms with Gasteiger partial charge in [0.15, 0.2) is 0 Å². The van der Waals surface area contributed by atoms with Crippen LogP contribution in [0, 0.1) is 0 Å². The van der Waals surface area contributed by atoms with Crippen molar-refractivity contribution in [3.8, 4) is 0 Å². The van der Waals surface area contributed by atoms with E-state index in [-0.39, 0.29) is 18.0 Å². The second-order valence-corrected chi connectivity index (χ2v) is 3.00. The molecule has 0 aliphatic heterocycles. The quantitative estimate of drug-likeness (QED) is 0.623. The van der Waals surface area contributed by atoms with E-state index in [4.69, 9.17) is 0 Å². The molecule has 0 unspecified atom stereocenters. The van der Waals surface area contributed by atoms with Crippen LogP contribution in [-0.4, -0.2) is 29.0 Å². The zero-order chi connectivity index (χ0) is 11.1. The molecule has 1 aromatic rings. The van der Waals surface area contributed by atoms with Gasteiger partial charge in [-0.05, 0) is 6.42 Å². The summed E-state index contributed by atoms with van der Waals surface area (Å²) in [5.74, 6) is 0.282. The largest absolute Gasteiger partial charge is 0.361 e. The number of carbonyl (C=O) groups excluding carboxylic acids is 1. The molecule has 0 fully saturated rings. The van der Waals surface area contributed by atoms with Gasteiger partial charge in [0.2, 0.25) is 5.91 Å². The Labute approximate surface area is 87.1 Å². The Morgan fingerprint density at radius 3 is 3.07 bits per heavy atom. The Hall–Kier alpha value is -1.85. The van der Waals surface area contributed by atoms with E-state index < -0.39 is 0 Å². The van der Waals surface area contributed by atoms with E-state index in [1.165, 1.54) is 12.4 Å². The first-order chi connectivity index (χ1) is 7.22. The van der Waals surface area contributed by atoms with Gasteiger partial charge in [-0.1, -0.05) is 6.92 Å². The van der Waals surface area contributed by atoms with Gasteiger partial charge in [0.1, 0.15) is 5.82 Å². The highest BCUT2D eigenvalue weighted by Crippen LogP contribution is 1.92. The molecule has 0 saturated carbocycles. The number of nitrogens with one attached hydrogen (secondary N) is 3. The maximum Gasteiger partial charge on any atom is 0.252 e. The van der Waals surface area contributed by atoms with Gasteiger partial charge < -0.3 is 15.6 Å². The molecule has 3 N–H and O–H groups in total. The van der Waals surface area contributed by atoms with Gasteiger partial charge in [0, 0.05) is 12.6 Å². The third-order valence-corrected chi connectivity index (χ3v) is 1.68. The van der Waals surface area contributed by atoms with Crippen molar-refractivity contribution in [2.24, 2.45) is 0 Å². The third-order valence-electron chi connectivity index (χ3n) is 1.68. The number of hydrogen-bond donors (Lipinski definition) is 3. The van der Waals surface area contributed by atoms with Crippen LogP contribution in [0.1, 0.15) is 13.3 Å². The van der Waals surface area contributed by atoms with Crippen molar-refractivity contribution in [2.45, 2.75) is 13.3 Å². The molecule has 1 amide bonds. The maximum atomic E-state index is 11.2. The molecule has 0 atom stereocenters. The van der Waals surface area contributed by atoms with Gasteiger partial charge in [0.05, 0.1) is 12.9 Å². The molecule has 0 saturated heterocycles. The Morgan fingerprint density at radius 1 is 1.60 bits per heavy atom. The highest BCUT2D eigenvalue weighted by molar-refractivity contribution is 5.80. The molecule has 0 spiro atoms. The standard InChI is InChI=1S/C9H14N4O2/c1-2-3-10-9(15)5-11-7-4-8(14)13-6-12-7/h4,6H,2-3,5H2,1H3,(H,10,15)(H2,11,12,13,14). The van der Waals surface area contributed by atoms with Crippen molar-refractivity contribution in [2.75, 3.05) is 18.4 Å². The highest BCUT2D eigenvalue weighted by atomic mass is 16.2. The fraction of sp³-hybridized carbons (Fsp3) is 0.444.